The molecule has 0 aliphatic carbocycles. The van der Waals surface area contributed by atoms with Crippen LogP contribution in [0, 0.1) is 0 Å². The van der Waals surface area contributed by atoms with Crippen LogP contribution in [0.5, 0.6) is 0 Å². The van der Waals surface area contributed by atoms with Crippen molar-refractivity contribution < 1.29 is 9.84 Å². The zero-order valence-corrected chi connectivity index (χ0v) is 14.5. The zero-order chi connectivity index (χ0) is 17.4. The van der Waals surface area contributed by atoms with Gasteiger partial charge in [0.25, 0.3) is 0 Å². The number of nitrogen functional groups attached to an aromatic ring is 1. The molecule has 1 atom stereocenters. The first kappa shape index (κ1) is 16.1. The molecule has 0 saturated carbocycles. The van der Waals surface area contributed by atoms with Crippen LogP contribution in [-0.4, -0.2) is 50.8 Å². The number of aliphatic hydroxyl groups excluding tert-OH is 1. The number of hydrogen-bond acceptors (Lipinski definition) is 9. The summed E-state index contributed by atoms with van der Waals surface area (Å²) in [6.45, 7) is 4.18. The predicted octanol–water partition coefficient (Wildman–Crippen LogP) is 1.45. The quantitative estimate of drug-likeness (QED) is 0.724. The van der Waals surface area contributed by atoms with E-state index in [-0.39, 0.29) is 18.6 Å². The van der Waals surface area contributed by atoms with Gasteiger partial charge in [0.2, 0.25) is 5.95 Å². The Morgan fingerprint density at radius 1 is 1.36 bits per heavy atom. The summed E-state index contributed by atoms with van der Waals surface area (Å²) >= 11 is 1.52. The Balaban J connectivity index is 1.88. The predicted molar refractivity (Wildman–Crippen MR) is 96.4 cm³/mol. The molecule has 0 unspecified atom stereocenters. The molecule has 1 saturated heterocycles. The lowest BCUT2D eigenvalue weighted by Gasteiger charge is -2.34. The summed E-state index contributed by atoms with van der Waals surface area (Å²) in [7, 11) is 0. The van der Waals surface area contributed by atoms with Crippen molar-refractivity contribution in [2.75, 3.05) is 30.4 Å². The second kappa shape index (κ2) is 6.51. The van der Waals surface area contributed by atoms with Gasteiger partial charge in [0.15, 0.2) is 11.6 Å². The molecule has 1 fully saturated rings. The van der Waals surface area contributed by atoms with Gasteiger partial charge in [0, 0.05) is 23.8 Å². The number of fused-ring (bicyclic) bond motifs is 1. The minimum Gasteiger partial charge on any atom is -0.391 e. The Morgan fingerprint density at radius 3 is 2.88 bits per heavy atom. The molecule has 0 spiro atoms. The van der Waals surface area contributed by atoms with Crippen molar-refractivity contribution in [3.63, 3.8) is 0 Å². The lowest BCUT2D eigenvalue weighted by Crippen LogP contribution is -2.44. The number of morpholine rings is 1. The molecule has 1 aliphatic heterocycles. The number of rotatable bonds is 3. The van der Waals surface area contributed by atoms with E-state index in [0.717, 1.165) is 27.5 Å². The van der Waals surface area contributed by atoms with Crippen LogP contribution >= 0.6 is 11.3 Å². The summed E-state index contributed by atoms with van der Waals surface area (Å²) in [5, 5.41) is 9.50. The highest BCUT2D eigenvalue weighted by molar-refractivity contribution is 7.19. The van der Waals surface area contributed by atoms with Gasteiger partial charge in [0.05, 0.1) is 41.6 Å². The highest BCUT2D eigenvalue weighted by Gasteiger charge is 2.24. The van der Waals surface area contributed by atoms with Gasteiger partial charge in [-0.05, 0) is 13.0 Å². The maximum Gasteiger partial charge on any atom is 0.219 e. The van der Waals surface area contributed by atoms with Gasteiger partial charge in [-0.3, -0.25) is 0 Å². The maximum atomic E-state index is 9.50. The highest BCUT2D eigenvalue weighted by Crippen LogP contribution is 2.35. The molecular weight excluding hydrogens is 340 g/mol. The van der Waals surface area contributed by atoms with Crippen LogP contribution in [0.4, 0.5) is 11.8 Å². The molecular formula is C16H18N6O2S. The third-order valence-corrected chi connectivity index (χ3v) is 5.24. The summed E-state index contributed by atoms with van der Waals surface area (Å²) in [6, 6.07) is 2.11. The molecule has 4 rings (SSSR count). The Bertz CT molecular complexity index is 898. The number of ether oxygens (including phenoxy) is 1. The van der Waals surface area contributed by atoms with Crippen LogP contribution in [0.15, 0.2) is 18.5 Å². The average Bonchev–Trinajstić information content (AvgIpc) is 3.05. The first-order valence-corrected chi connectivity index (χ1v) is 8.81. The molecule has 1 aliphatic rings. The number of nitrogens with zero attached hydrogens (tertiary/aromatic N) is 5. The van der Waals surface area contributed by atoms with Crippen molar-refractivity contribution in [3.8, 4) is 11.4 Å². The van der Waals surface area contributed by atoms with Gasteiger partial charge in [-0.15, -0.1) is 11.3 Å². The van der Waals surface area contributed by atoms with E-state index < -0.39 is 0 Å². The van der Waals surface area contributed by atoms with E-state index >= 15 is 0 Å². The summed E-state index contributed by atoms with van der Waals surface area (Å²) in [5.74, 6) is 1.62. The van der Waals surface area contributed by atoms with Crippen molar-refractivity contribution in [1.29, 1.82) is 0 Å². The normalized spacial score (nSPS) is 18.0. The van der Waals surface area contributed by atoms with Crippen LogP contribution in [0.2, 0.25) is 0 Å². The molecule has 0 aromatic carbocycles. The summed E-state index contributed by atoms with van der Waals surface area (Å²) in [6.07, 6.45) is 3.24. The van der Waals surface area contributed by atoms with Crippen LogP contribution in [0.3, 0.4) is 0 Å². The zero-order valence-electron chi connectivity index (χ0n) is 13.7. The van der Waals surface area contributed by atoms with E-state index in [1.807, 2.05) is 6.07 Å². The SMILES string of the molecule is C[C@H]1COCCN1c1nc(-c2cnc(N)nc2)nc2cc(CO)sc12. The fraction of sp³-hybridized carbons (Fsp3) is 0.375. The highest BCUT2D eigenvalue weighted by atomic mass is 32.1. The van der Waals surface area contributed by atoms with Crippen LogP contribution in [-0.2, 0) is 11.3 Å². The monoisotopic (exact) mass is 358 g/mol. The first-order chi connectivity index (χ1) is 12.2. The number of aliphatic hydroxyl groups is 1. The standard InChI is InChI=1S/C16H18N6O2S/c1-9-8-24-3-2-22(9)15-13-12(4-11(7-23)25-13)20-14(21-15)10-5-18-16(17)19-6-10/h4-6,9,23H,2-3,7-8H2,1H3,(H2,17,18,19)/t9-/m0/s1. The molecule has 25 heavy (non-hydrogen) atoms. The molecule has 0 bridgehead atoms. The van der Waals surface area contributed by atoms with Gasteiger partial charge in [0.1, 0.15) is 0 Å². The molecule has 9 heteroatoms. The minimum absolute atomic E-state index is 0.0144. The minimum atomic E-state index is -0.0144. The topological polar surface area (TPSA) is 110 Å². The van der Waals surface area contributed by atoms with Crippen LogP contribution in [0.25, 0.3) is 21.6 Å². The van der Waals surface area contributed by atoms with Crippen LogP contribution < -0.4 is 10.6 Å². The third kappa shape index (κ3) is 3.01. The maximum absolute atomic E-state index is 9.50. The van der Waals surface area contributed by atoms with Gasteiger partial charge in [-0.2, -0.15) is 0 Å². The smallest absolute Gasteiger partial charge is 0.219 e. The molecule has 0 radical (unpaired) electrons. The summed E-state index contributed by atoms with van der Waals surface area (Å²) in [4.78, 5) is 20.6. The lowest BCUT2D eigenvalue weighted by molar-refractivity contribution is 0.0987. The largest absolute Gasteiger partial charge is 0.391 e. The van der Waals surface area contributed by atoms with Gasteiger partial charge < -0.3 is 20.5 Å². The van der Waals surface area contributed by atoms with Crippen molar-refractivity contribution >= 4 is 33.3 Å². The Kier molecular flexibility index (Phi) is 4.20. The van der Waals surface area contributed by atoms with Gasteiger partial charge >= 0.3 is 0 Å². The Labute approximate surface area is 148 Å². The Morgan fingerprint density at radius 2 is 2.16 bits per heavy atom. The second-order valence-electron chi connectivity index (χ2n) is 5.90. The number of aromatic nitrogens is 4. The molecule has 0 amide bonds. The van der Waals surface area contributed by atoms with Crippen LogP contribution in [0.1, 0.15) is 11.8 Å². The third-order valence-electron chi connectivity index (χ3n) is 4.13. The Hall–Kier alpha value is -2.36. The average molecular weight is 358 g/mol. The van der Waals surface area contributed by atoms with Crippen molar-refractivity contribution in [1.82, 2.24) is 19.9 Å². The van der Waals surface area contributed by atoms with E-state index in [4.69, 9.17) is 15.5 Å². The van der Waals surface area contributed by atoms with E-state index in [2.05, 4.69) is 26.8 Å². The van der Waals surface area contributed by atoms with Crippen molar-refractivity contribution in [2.45, 2.75) is 19.6 Å². The molecule has 4 heterocycles. The number of hydrogen-bond donors (Lipinski definition) is 2. The molecule has 8 nitrogen and oxygen atoms in total. The molecule has 130 valence electrons. The summed E-state index contributed by atoms with van der Waals surface area (Å²) in [5.41, 5.74) is 7.08. The number of anilines is 2. The van der Waals surface area contributed by atoms with Crippen molar-refractivity contribution in [3.05, 3.63) is 23.3 Å². The fourth-order valence-electron chi connectivity index (χ4n) is 2.86. The van der Waals surface area contributed by atoms with E-state index in [1.165, 1.54) is 11.3 Å². The fourth-order valence-corrected chi connectivity index (χ4v) is 3.82. The number of thiophene rings is 1. The lowest BCUT2D eigenvalue weighted by atomic mass is 10.2. The second-order valence-corrected chi connectivity index (χ2v) is 7.04. The molecule has 3 aromatic heterocycles. The van der Waals surface area contributed by atoms with E-state index in [1.54, 1.807) is 12.4 Å². The van der Waals surface area contributed by atoms with E-state index in [0.29, 0.717) is 24.6 Å². The van der Waals surface area contributed by atoms with Crippen molar-refractivity contribution in [2.24, 2.45) is 0 Å². The van der Waals surface area contributed by atoms with E-state index in [9.17, 15) is 5.11 Å². The summed E-state index contributed by atoms with van der Waals surface area (Å²) < 4.78 is 6.51. The van der Waals surface area contributed by atoms with Gasteiger partial charge in [-0.1, -0.05) is 0 Å². The first-order valence-electron chi connectivity index (χ1n) is 7.99. The molecule has 3 N–H and O–H groups in total. The molecule has 3 aromatic rings. The van der Waals surface area contributed by atoms with Gasteiger partial charge in [-0.25, -0.2) is 19.9 Å². The number of nitrogens with two attached hydrogens (primary N) is 1.